The molecule has 0 atom stereocenters. The minimum Gasteiger partial charge on any atom is -0.326 e. The normalized spacial score (nSPS) is 13.8. The summed E-state index contributed by atoms with van der Waals surface area (Å²) in [5.74, 6) is 0.0808. The van der Waals surface area contributed by atoms with Crippen molar-refractivity contribution in [1.82, 2.24) is 5.32 Å². The van der Waals surface area contributed by atoms with E-state index < -0.39 is 0 Å². The van der Waals surface area contributed by atoms with Gasteiger partial charge in [-0.2, -0.15) is 0 Å². The maximum atomic E-state index is 11.9. The van der Waals surface area contributed by atoms with Crippen LogP contribution in [0.5, 0.6) is 0 Å². The molecule has 1 heterocycles. The average Bonchev–Trinajstić information content (AvgIpc) is 2.43. The summed E-state index contributed by atoms with van der Waals surface area (Å²) in [4.78, 5) is 23.2. The molecule has 3 N–H and O–H groups in total. The Balaban J connectivity index is 1.83. The Bertz CT molecular complexity index is 526. The summed E-state index contributed by atoms with van der Waals surface area (Å²) in [7, 11) is 0. The summed E-state index contributed by atoms with van der Waals surface area (Å²) in [5.41, 5.74) is 2.73. The maximum Gasteiger partial charge on any atom is 0.224 e. The lowest BCUT2D eigenvalue weighted by atomic mass is 10.0. The first kappa shape index (κ1) is 15.5. The molecule has 0 unspecified atom stereocenters. The monoisotopic (exact) mass is 289 g/mol. The third-order valence-electron chi connectivity index (χ3n) is 3.42. The van der Waals surface area contributed by atoms with Gasteiger partial charge in [-0.25, -0.2) is 0 Å². The zero-order valence-corrected chi connectivity index (χ0v) is 12.7. The first-order valence-electron chi connectivity index (χ1n) is 7.50. The first-order valence-corrected chi connectivity index (χ1v) is 7.50. The highest BCUT2D eigenvalue weighted by Gasteiger charge is 2.15. The molecule has 0 fully saturated rings. The van der Waals surface area contributed by atoms with Crippen molar-refractivity contribution >= 4 is 23.2 Å². The van der Waals surface area contributed by atoms with E-state index in [9.17, 15) is 9.59 Å². The predicted octanol–water partition coefficient (Wildman–Crippen LogP) is 2.29. The van der Waals surface area contributed by atoms with Crippen LogP contribution in [0, 0.1) is 0 Å². The van der Waals surface area contributed by atoms with E-state index in [2.05, 4.69) is 29.8 Å². The van der Waals surface area contributed by atoms with E-state index in [0.717, 1.165) is 36.3 Å². The van der Waals surface area contributed by atoms with Crippen LogP contribution in [0.3, 0.4) is 0 Å². The van der Waals surface area contributed by atoms with Gasteiger partial charge in [-0.05, 0) is 43.1 Å². The number of fused-ring (bicyclic) bond motifs is 1. The molecule has 0 saturated heterocycles. The van der Waals surface area contributed by atoms with Crippen LogP contribution in [0.15, 0.2) is 18.2 Å². The van der Waals surface area contributed by atoms with E-state index in [4.69, 9.17) is 0 Å². The van der Waals surface area contributed by atoms with Crippen molar-refractivity contribution in [3.05, 3.63) is 23.8 Å². The highest BCUT2D eigenvalue weighted by molar-refractivity contribution is 5.95. The molecular formula is C16H23N3O2. The minimum absolute atomic E-state index is 0.0281. The number of hydrogen-bond donors (Lipinski definition) is 3. The number of rotatable bonds is 6. The Morgan fingerprint density at radius 1 is 1.33 bits per heavy atom. The van der Waals surface area contributed by atoms with Crippen molar-refractivity contribution < 1.29 is 9.59 Å². The van der Waals surface area contributed by atoms with Gasteiger partial charge in [0.1, 0.15) is 0 Å². The zero-order valence-electron chi connectivity index (χ0n) is 12.7. The Hall–Kier alpha value is -1.88. The van der Waals surface area contributed by atoms with Gasteiger partial charge >= 0.3 is 0 Å². The summed E-state index contributed by atoms with van der Waals surface area (Å²) in [5, 5.41) is 9.03. The number of nitrogens with one attached hydrogen (secondary N) is 3. The molecule has 0 bridgehead atoms. The van der Waals surface area contributed by atoms with Crippen molar-refractivity contribution in [3.63, 3.8) is 0 Å². The Labute approximate surface area is 125 Å². The number of benzene rings is 1. The van der Waals surface area contributed by atoms with E-state index in [0.29, 0.717) is 18.9 Å². The van der Waals surface area contributed by atoms with Crippen LogP contribution in [0.2, 0.25) is 0 Å². The third-order valence-corrected chi connectivity index (χ3v) is 3.42. The number of carbonyl (C=O) groups is 2. The van der Waals surface area contributed by atoms with Gasteiger partial charge in [0.05, 0.1) is 0 Å². The van der Waals surface area contributed by atoms with E-state index in [1.807, 2.05) is 18.2 Å². The van der Waals surface area contributed by atoms with E-state index >= 15 is 0 Å². The molecule has 0 saturated carbocycles. The Kier molecular flexibility index (Phi) is 5.33. The van der Waals surface area contributed by atoms with Gasteiger partial charge < -0.3 is 16.0 Å². The van der Waals surface area contributed by atoms with Crippen LogP contribution in [-0.4, -0.2) is 24.4 Å². The van der Waals surface area contributed by atoms with Crippen molar-refractivity contribution in [1.29, 1.82) is 0 Å². The largest absolute Gasteiger partial charge is 0.326 e. The van der Waals surface area contributed by atoms with Crippen molar-refractivity contribution in [3.8, 4) is 0 Å². The standard InChI is InChI=1S/C16H23N3O2/c1-11(2)17-9-3-4-15(20)18-13-6-7-14-12(10-13)5-8-16(21)19-14/h6-7,10-11,17H,3-5,8-9H2,1-2H3,(H,18,20)(H,19,21). The Morgan fingerprint density at radius 3 is 2.90 bits per heavy atom. The van der Waals surface area contributed by atoms with Gasteiger partial charge in [-0.3, -0.25) is 9.59 Å². The lowest BCUT2D eigenvalue weighted by Gasteiger charge is -2.17. The van der Waals surface area contributed by atoms with Crippen LogP contribution in [0.25, 0.3) is 0 Å². The molecule has 0 radical (unpaired) electrons. The topological polar surface area (TPSA) is 70.2 Å². The van der Waals surface area contributed by atoms with E-state index in [1.165, 1.54) is 0 Å². The van der Waals surface area contributed by atoms with Crippen LogP contribution in [0.4, 0.5) is 11.4 Å². The molecule has 0 spiro atoms. The third kappa shape index (κ3) is 4.86. The van der Waals surface area contributed by atoms with Crippen LogP contribution in [0.1, 0.15) is 38.7 Å². The fraction of sp³-hybridized carbons (Fsp3) is 0.500. The van der Waals surface area contributed by atoms with Crippen LogP contribution < -0.4 is 16.0 Å². The molecule has 5 nitrogen and oxygen atoms in total. The second-order valence-corrected chi connectivity index (χ2v) is 5.68. The van der Waals surface area contributed by atoms with Gasteiger partial charge in [0, 0.05) is 30.3 Å². The molecule has 1 aromatic carbocycles. The van der Waals surface area contributed by atoms with Crippen molar-refractivity contribution in [2.75, 3.05) is 17.2 Å². The first-order chi connectivity index (χ1) is 10.0. The quantitative estimate of drug-likeness (QED) is 0.704. The molecule has 0 aliphatic carbocycles. The van der Waals surface area contributed by atoms with Gasteiger partial charge in [-0.15, -0.1) is 0 Å². The fourth-order valence-corrected chi connectivity index (χ4v) is 2.32. The van der Waals surface area contributed by atoms with Crippen molar-refractivity contribution in [2.45, 2.75) is 45.6 Å². The molecule has 2 amide bonds. The second kappa shape index (κ2) is 7.22. The number of aryl methyl sites for hydroxylation is 1. The SMILES string of the molecule is CC(C)NCCCC(=O)Nc1ccc2c(c1)CCC(=O)N2. The second-order valence-electron chi connectivity index (χ2n) is 5.68. The summed E-state index contributed by atoms with van der Waals surface area (Å²) in [6.07, 6.45) is 2.56. The molecule has 0 aromatic heterocycles. The smallest absolute Gasteiger partial charge is 0.224 e. The summed E-state index contributed by atoms with van der Waals surface area (Å²) in [6.45, 7) is 5.03. The van der Waals surface area contributed by atoms with Crippen LogP contribution in [-0.2, 0) is 16.0 Å². The molecule has 21 heavy (non-hydrogen) atoms. The molecule has 114 valence electrons. The maximum absolute atomic E-state index is 11.9. The lowest BCUT2D eigenvalue weighted by molar-refractivity contribution is -0.117. The summed E-state index contributed by atoms with van der Waals surface area (Å²) < 4.78 is 0. The predicted molar refractivity (Wildman–Crippen MR) is 84.4 cm³/mol. The van der Waals surface area contributed by atoms with Crippen molar-refractivity contribution in [2.24, 2.45) is 0 Å². The fourth-order valence-electron chi connectivity index (χ4n) is 2.32. The molecule has 2 rings (SSSR count). The molecule has 1 aromatic rings. The van der Waals surface area contributed by atoms with Crippen LogP contribution >= 0.6 is 0 Å². The van der Waals surface area contributed by atoms with E-state index in [-0.39, 0.29) is 11.8 Å². The highest BCUT2D eigenvalue weighted by atomic mass is 16.2. The van der Waals surface area contributed by atoms with E-state index in [1.54, 1.807) is 0 Å². The Morgan fingerprint density at radius 2 is 2.14 bits per heavy atom. The average molecular weight is 289 g/mol. The number of carbonyl (C=O) groups excluding carboxylic acids is 2. The molecule has 5 heteroatoms. The highest BCUT2D eigenvalue weighted by Crippen LogP contribution is 2.25. The number of anilines is 2. The zero-order chi connectivity index (χ0) is 15.2. The van der Waals surface area contributed by atoms with Gasteiger partial charge in [-0.1, -0.05) is 13.8 Å². The number of hydrogen-bond acceptors (Lipinski definition) is 3. The molecular weight excluding hydrogens is 266 g/mol. The van der Waals surface area contributed by atoms with Gasteiger partial charge in [0.2, 0.25) is 11.8 Å². The molecule has 1 aliphatic rings. The lowest BCUT2D eigenvalue weighted by Crippen LogP contribution is -2.24. The van der Waals surface area contributed by atoms with Gasteiger partial charge in [0.15, 0.2) is 0 Å². The van der Waals surface area contributed by atoms with Gasteiger partial charge in [0.25, 0.3) is 0 Å². The summed E-state index contributed by atoms with van der Waals surface area (Å²) in [6, 6.07) is 6.07. The minimum atomic E-state index is 0.0281. The molecule has 1 aliphatic heterocycles. The summed E-state index contributed by atoms with van der Waals surface area (Å²) >= 11 is 0. The number of amides is 2.